The molecule has 2 aliphatic heterocycles. The topological polar surface area (TPSA) is 44.4 Å². The number of piperidine rings is 1. The number of carbonyl (C=O) groups excluding carboxylic acids is 1. The van der Waals surface area contributed by atoms with E-state index in [1.165, 1.54) is 18.6 Å². The molecule has 4 nitrogen and oxygen atoms in total. The average molecular weight is 305 g/mol. The summed E-state index contributed by atoms with van der Waals surface area (Å²) in [4.78, 5) is 14.5. The number of hydrogen-bond donors (Lipinski definition) is 2. The van der Waals surface area contributed by atoms with E-state index in [-0.39, 0.29) is 17.8 Å². The molecule has 5 heteroatoms. The zero-order valence-corrected chi connectivity index (χ0v) is 13.0. The van der Waals surface area contributed by atoms with Gasteiger partial charge < -0.3 is 10.6 Å². The minimum Gasteiger partial charge on any atom is -0.348 e. The fourth-order valence-electron chi connectivity index (χ4n) is 3.59. The average Bonchev–Trinajstić information content (AvgIpc) is 2.95. The Morgan fingerprint density at radius 2 is 2.18 bits per heavy atom. The lowest BCUT2D eigenvalue weighted by atomic mass is 9.93. The Morgan fingerprint density at radius 3 is 2.95 bits per heavy atom. The Kier molecular flexibility index (Phi) is 4.74. The van der Waals surface area contributed by atoms with Crippen LogP contribution in [0.1, 0.15) is 31.4 Å². The number of fused-ring (bicyclic) bond motifs is 1. The highest BCUT2D eigenvalue weighted by atomic mass is 19.1. The smallest absolute Gasteiger partial charge is 0.234 e. The van der Waals surface area contributed by atoms with Crippen molar-refractivity contribution in [1.82, 2.24) is 15.5 Å². The molecule has 1 aromatic carbocycles. The van der Waals surface area contributed by atoms with Crippen molar-refractivity contribution in [2.24, 2.45) is 5.92 Å². The van der Waals surface area contributed by atoms with Gasteiger partial charge in [-0.2, -0.15) is 0 Å². The predicted molar refractivity (Wildman–Crippen MR) is 83.9 cm³/mol. The molecular formula is C17H24FN3O. The monoisotopic (exact) mass is 305 g/mol. The predicted octanol–water partition coefficient (Wildman–Crippen LogP) is 1.69. The van der Waals surface area contributed by atoms with Gasteiger partial charge in [0.1, 0.15) is 5.82 Å². The largest absolute Gasteiger partial charge is 0.348 e. The summed E-state index contributed by atoms with van der Waals surface area (Å²) in [6, 6.07) is 6.84. The van der Waals surface area contributed by atoms with Crippen LogP contribution in [0, 0.1) is 11.7 Å². The zero-order chi connectivity index (χ0) is 15.5. The first kappa shape index (κ1) is 15.4. The van der Waals surface area contributed by atoms with Crippen LogP contribution in [0.2, 0.25) is 0 Å². The molecule has 1 amide bonds. The lowest BCUT2D eigenvalue weighted by Gasteiger charge is -2.34. The molecule has 120 valence electrons. The second-order valence-electron chi connectivity index (χ2n) is 6.47. The molecule has 2 N–H and O–H groups in total. The van der Waals surface area contributed by atoms with Crippen LogP contribution in [0.4, 0.5) is 4.39 Å². The Hall–Kier alpha value is -1.46. The van der Waals surface area contributed by atoms with Gasteiger partial charge >= 0.3 is 0 Å². The van der Waals surface area contributed by atoms with E-state index in [0.29, 0.717) is 18.5 Å². The lowest BCUT2D eigenvalue weighted by molar-refractivity contribution is -0.123. The van der Waals surface area contributed by atoms with Gasteiger partial charge in [0, 0.05) is 19.1 Å². The van der Waals surface area contributed by atoms with Gasteiger partial charge in [0.15, 0.2) is 0 Å². The van der Waals surface area contributed by atoms with Gasteiger partial charge in [0.25, 0.3) is 0 Å². The fraction of sp³-hybridized carbons (Fsp3) is 0.588. The number of hydrogen-bond acceptors (Lipinski definition) is 3. The molecule has 0 spiro atoms. The molecule has 3 atom stereocenters. The van der Waals surface area contributed by atoms with E-state index in [4.69, 9.17) is 0 Å². The van der Waals surface area contributed by atoms with Crippen molar-refractivity contribution in [3.63, 3.8) is 0 Å². The fourth-order valence-corrected chi connectivity index (χ4v) is 3.59. The number of benzene rings is 1. The molecule has 2 saturated heterocycles. The Labute approximate surface area is 131 Å². The summed E-state index contributed by atoms with van der Waals surface area (Å²) < 4.78 is 12.9. The van der Waals surface area contributed by atoms with Crippen LogP contribution in [0.3, 0.4) is 0 Å². The van der Waals surface area contributed by atoms with Crippen molar-refractivity contribution in [2.45, 2.75) is 31.8 Å². The number of amides is 1. The first-order valence-corrected chi connectivity index (χ1v) is 8.12. The van der Waals surface area contributed by atoms with Crippen LogP contribution >= 0.6 is 0 Å². The van der Waals surface area contributed by atoms with E-state index in [0.717, 1.165) is 31.6 Å². The summed E-state index contributed by atoms with van der Waals surface area (Å²) in [5.74, 6) is 0.479. The van der Waals surface area contributed by atoms with Crippen LogP contribution in [0.25, 0.3) is 0 Å². The Morgan fingerprint density at radius 1 is 1.41 bits per heavy atom. The van der Waals surface area contributed by atoms with E-state index in [1.54, 1.807) is 12.1 Å². The maximum absolute atomic E-state index is 12.9. The molecule has 1 aromatic rings. The SMILES string of the molecule is CC(NC(=O)CN1CCC2NCCC2C1)c1ccc(F)cc1. The van der Waals surface area contributed by atoms with Gasteiger partial charge in [-0.05, 0) is 49.9 Å². The third-order valence-electron chi connectivity index (χ3n) is 4.85. The first-order valence-electron chi connectivity index (χ1n) is 8.12. The Balaban J connectivity index is 1.48. The molecule has 3 rings (SSSR count). The van der Waals surface area contributed by atoms with E-state index < -0.39 is 0 Å². The van der Waals surface area contributed by atoms with Crippen molar-refractivity contribution in [2.75, 3.05) is 26.2 Å². The second-order valence-corrected chi connectivity index (χ2v) is 6.47. The molecule has 0 aromatic heterocycles. The van der Waals surface area contributed by atoms with Crippen LogP contribution < -0.4 is 10.6 Å². The third kappa shape index (κ3) is 3.65. The van der Waals surface area contributed by atoms with Crippen molar-refractivity contribution in [3.05, 3.63) is 35.6 Å². The summed E-state index contributed by atoms with van der Waals surface area (Å²) in [6.45, 7) is 5.48. The zero-order valence-electron chi connectivity index (χ0n) is 13.0. The van der Waals surface area contributed by atoms with Crippen LogP contribution in [-0.2, 0) is 4.79 Å². The number of nitrogens with one attached hydrogen (secondary N) is 2. The number of halogens is 1. The van der Waals surface area contributed by atoms with Crippen molar-refractivity contribution in [3.8, 4) is 0 Å². The van der Waals surface area contributed by atoms with E-state index in [9.17, 15) is 9.18 Å². The molecule has 22 heavy (non-hydrogen) atoms. The van der Waals surface area contributed by atoms with E-state index in [2.05, 4.69) is 15.5 Å². The molecule has 3 unspecified atom stereocenters. The lowest BCUT2D eigenvalue weighted by Crippen LogP contribution is -2.48. The number of likely N-dealkylation sites (tertiary alicyclic amines) is 1. The molecule has 0 aliphatic carbocycles. The van der Waals surface area contributed by atoms with Gasteiger partial charge in [-0.15, -0.1) is 0 Å². The second kappa shape index (κ2) is 6.75. The molecule has 2 aliphatic rings. The molecule has 0 bridgehead atoms. The molecule has 2 fully saturated rings. The normalized spacial score (nSPS) is 26.5. The van der Waals surface area contributed by atoms with Crippen LogP contribution in [-0.4, -0.2) is 43.0 Å². The van der Waals surface area contributed by atoms with Gasteiger partial charge in [0.2, 0.25) is 5.91 Å². The minimum atomic E-state index is -0.254. The molecule has 2 heterocycles. The first-order chi connectivity index (χ1) is 10.6. The van der Waals surface area contributed by atoms with Gasteiger partial charge in [-0.1, -0.05) is 12.1 Å². The summed E-state index contributed by atoms with van der Waals surface area (Å²) >= 11 is 0. The Bertz CT molecular complexity index is 519. The quantitative estimate of drug-likeness (QED) is 0.890. The standard InChI is InChI=1S/C17H24FN3O/c1-12(13-2-4-15(18)5-3-13)20-17(22)11-21-9-7-16-14(10-21)6-8-19-16/h2-5,12,14,16,19H,6-11H2,1H3,(H,20,22). The third-order valence-corrected chi connectivity index (χ3v) is 4.85. The summed E-state index contributed by atoms with van der Waals surface area (Å²) in [6.07, 6.45) is 2.35. The maximum atomic E-state index is 12.9. The molecule has 0 saturated carbocycles. The summed E-state index contributed by atoms with van der Waals surface area (Å²) in [5.41, 5.74) is 0.924. The van der Waals surface area contributed by atoms with Crippen molar-refractivity contribution in [1.29, 1.82) is 0 Å². The summed E-state index contributed by atoms with van der Waals surface area (Å²) in [5, 5.41) is 6.54. The number of rotatable bonds is 4. The highest BCUT2D eigenvalue weighted by Crippen LogP contribution is 2.24. The minimum absolute atomic E-state index is 0.0428. The molecular weight excluding hydrogens is 281 g/mol. The highest BCUT2D eigenvalue weighted by molar-refractivity contribution is 5.78. The number of nitrogens with zero attached hydrogens (tertiary/aromatic N) is 1. The van der Waals surface area contributed by atoms with E-state index in [1.807, 2.05) is 6.92 Å². The van der Waals surface area contributed by atoms with Crippen LogP contribution in [0.15, 0.2) is 24.3 Å². The molecule has 0 radical (unpaired) electrons. The van der Waals surface area contributed by atoms with E-state index >= 15 is 0 Å². The maximum Gasteiger partial charge on any atom is 0.234 e. The van der Waals surface area contributed by atoms with Gasteiger partial charge in [-0.3, -0.25) is 9.69 Å². The van der Waals surface area contributed by atoms with Gasteiger partial charge in [-0.25, -0.2) is 4.39 Å². The van der Waals surface area contributed by atoms with Crippen LogP contribution in [0.5, 0.6) is 0 Å². The van der Waals surface area contributed by atoms with Crippen molar-refractivity contribution < 1.29 is 9.18 Å². The summed E-state index contributed by atoms with van der Waals surface area (Å²) in [7, 11) is 0. The van der Waals surface area contributed by atoms with Crippen molar-refractivity contribution >= 4 is 5.91 Å². The van der Waals surface area contributed by atoms with Gasteiger partial charge in [0.05, 0.1) is 12.6 Å². The highest BCUT2D eigenvalue weighted by Gasteiger charge is 2.33. The number of carbonyl (C=O) groups is 1.